The number of carbonyl (C=O) groups excluding carboxylic acids is 1. The van der Waals surface area contributed by atoms with E-state index in [2.05, 4.69) is 29.2 Å². The van der Waals surface area contributed by atoms with E-state index in [1.54, 1.807) is 6.07 Å². The summed E-state index contributed by atoms with van der Waals surface area (Å²) >= 11 is 6.09. The third kappa shape index (κ3) is 2.26. The highest BCUT2D eigenvalue weighted by atomic mass is 35.5. The lowest BCUT2D eigenvalue weighted by Crippen LogP contribution is -2.58. The number of fused-ring (bicyclic) bond motifs is 2. The summed E-state index contributed by atoms with van der Waals surface area (Å²) in [7, 11) is 0. The van der Waals surface area contributed by atoms with Crippen LogP contribution < -0.4 is 4.90 Å². The lowest BCUT2D eigenvalue weighted by molar-refractivity contribution is 0.0628. The van der Waals surface area contributed by atoms with Crippen molar-refractivity contribution < 1.29 is 4.79 Å². The van der Waals surface area contributed by atoms with Gasteiger partial charge in [0, 0.05) is 35.9 Å². The van der Waals surface area contributed by atoms with Crippen LogP contribution in [0.1, 0.15) is 15.9 Å². The highest BCUT2D eigenvalue weighted by Crippen LogP contribution is 2.29. The second kappa shape index (κ2) is 5.33. The number of anilines is 1. The second-order valence-electron chi connectivity index (χ2n) is 5.94. The van der Waals surface area contributed by atoms with E-state index in [9.17, 15) is 4.79 Å². The summed E-state index contributed by atoms with van der Waals surface area (Å²) in [6.07, 6.45) is 0.880. The number of carbonyl (C=O) groups is 1. The minimum atomic E-state index is 0.149. The molecular formula is C18H17ClN2O. The molecule has 2 aliphatic heterocycles. The molecule has 0 bridgehead atoms. The van der Waals surface area contributed by atoms with Gasteiger partial charge in [0.05, 0.1) is 6.04 Å². The van der Waals surface area contributed by atoms with E-state index in [1.807, 2.05) is 23.1 Å². The van der Waals surface area contributed by atoms with Gasteiger partial charge in [-0.1, -0.05) is 29.8 Å². The minimum absolute atomic E-state index is 0.149. The molecule has 0 unspecified atom stereocenters. The van der Waals surface area contributed by atoms with Crippen LogP contribution >= 0.6 is 11.6 Å². The van der Waals surface area contributed by atoms with Gasteiger partial charge in [0.15, 0.2) is 0 Å². The Balaban J connectivity index is 1.62. The highest BCUT2D eigenvalue weighted by Gasteiger charge is 2.36. The fourth-order valence-corrected chi connectivity index (χ4v) is 3.71. The van der Waals surface area contributed by atoms with E-state index >= 15 is 0 Å². The molecule has 2 aromatic rings. The van der Waals surface area contributed by atoms with Gasteiger partial charge in [-0.2, -0.15) is 0 Å². The molecule has 0 spiro atoms. The zero-order valence-corrected chi connectivity index (χ0v) is 13.0. The number of benzene rings is 2. The number of nitrogens with zero attached hydrogens (tertiary/aromatic N) is 2. The third-order valence-electron chi connectivity index (χ3n) is 4.62. The molecule has 0 aliphatic carbocycles. The fourth-order valence-electron chi connectivity index (χ4n) is 3.52. The summed E-state index contributed by atoms with van der Waals surface area (Å²) < 4.78 is 0. The SMILES string of the molecule is O=C1c2ccc(Cl)cc2C[C@@H]2CN(c3ccccc3)CCN12. The van der Waals surface area contributed by atoms with Gasteiger partial charge in [-0.05, 0) is 42.3 Å². The van der Waals surface area contributed by atoms with Gasteiger partial charge >= 0.3 is 0 Å². The van der Waals surface area contributed by atoms with Crippen LogP contribution in [0.4, 0.5) is 5.69 Å². The molecule has 4 rings (SSSR count). The van der Waals surface area contributed by atoms with Gasteiger partial charge in [0.2, 0.25) is 0 Å². The van der Waals surface area contributed by atoms with Gasteiger partial charge < -0.3 is 9.80 Å². The fraction of sp³-hybridized carbons (Fsp3) is 0.278. The van der Waals surface area contributed by atoms with Gasteiger partial charge in [0.1, 0.15) is 0 Å². The minimum Gasteiger partial charge on any atom is -0.368 e. The average Bonchev–Trinajstić information content (AvgIpc) is 2.55. The van der Waals surface area contributed by atoms with E-state index in [4.69, 9.17) is 11.6 Å². The number of hydrogen-bond acceptors (Lipinski definition) is 2. The largest absolute Gasteiger partial charge is 0.368 e. The molecular weight excluding hydrogens is 296 g/mol. The van der Waals surface area contributed by atoms with Crippen molar-refractivity contribution in [2.75, 3.05) is 24.5 Å². The number of piperazine rings is 1. The molecule has 0 aromatic heterocycles. The van der Waals surface area contributed by atoms with Crippen LogP contribution in [0.5, 0.6) is 0 Å². The standard InChI is InChI=1S/C18H17ClN2O/c19-14-6-7-17-13(10-14)11-16-12-20(8-9-21(16)18(17)22)15-4-2-1-3-5-15/h1-7,10,16H,8-9,11-12H2/t16-/m1/s1. The van der Waals surface area contributed by atoms with Crippen LogP contribution in [0.3, 0.4) is 0 Å². The monoisotopic (exact) mass is 312 g/mol. The van der Waals surface area contributed by atoms with Gasteiger partial charge in [0.25, 0.3) is 5.91 Å². The second-order valence-corrected chi connectivity index (χ2v) is 6.38. The molecule has 0 saturated carbocycles. The lowest BCUT2D eigenvalue weighted by atomic mass is 9.91. The maximum atomic E-state index is 12.7. The van der Waals surface area contributed by atoms with Gasteiger partial charge in [-0.3, -0.25) is 4.79 Å². The molecule has 2 heterocycles. The topological polar surface area (TPSA) is 23.6 Å². The van der Waals surface area contributed by atoms with E-state index in [0.717, 1.165) is 37.2 Å². The van der Waals surface area contributed by atoms with Crippen LogP contribution in [-0.2, 0) is 6.42 Å². The van der Waals surface area contributed by atoms with Crippen molar-refractivity contribution in [2.45, 2.75) is 12.5 Å². The predicted molar refractivity (Wildman–Crippen MR) is 88.6 cm³/mol. The Labute approximate surface area is 135 Å². The zero-order chi connectivity index (χ0) is 15.1. The summed E-state index contributed by atoms with van der Waals surface area (Å²) in [5, 5.41) is 0.704. The average molecular weight is 313 g/mol. The normalized spacial score (nSPS) is 20.6. The van der Waals surface area contributed by atoms with Crippen LogP contribution in [-0.4, -0.2) is 36.5 Å². The Hall–Kier alpha value is -2.00. The van der Waals surface area contributed by atoms with E-state index in [1.165, 1.54) is 5.69 Å². The molecule has 2 aliphatic rings. The first-order chi connectivity index (χ1) is 10.7. The number of amides is 1. The van der Waals surface area contributed by atoms with Crippen molar-refractivity contribution in [1.29, 1.82) is 0 Å². The quantitative estimate of drug-likeness (QED) is 0.807. The maximum Gasteiger partial charge on any atom is 0.254 e. The van der Waals surface area contributed by atoms with E-state index in [-0.39, 0.29) is 11.9 Å². The van der Waals surface area contributed by atoms with Crippen LogP contribution in [0.15, 0.2) is 48.5 Å². The molecule has 22 heavy (non-hydrogen) atoms. The number of halogens is 1. The van der Waals surface area contributed by atoms with Crippen LogP contribution in [0.2, 0.25) is 5.02 Å². The third-order valence-corrected chi connectivity index (χ3v) is 4.85. The van der Waals surface area contributed by atoms with Crippen molar-refractivity contribution in [1.82, 2.24) is 4.90 Å². The molecule has 2 aromatic carbocycles. The van der Waals surface area contributed by atoms with Crippen molar-refractivity contribution in [3.05, 3.63) is 64.7 Å². The highest BCUT2D eigenvalue weighted by molar-refractivity contribution is 6.30. The van der Waals surface area contributed by atoms with Crippen molar-refractivity contribution in [2.24, 2.45) is 0 Å². The van der Waals surface area contributed by atoms with Crippen LogP contribution in [0.25, 0.3) is 0 Å². The number of para-hydroxylation sites is 1. The molecule has 3 nitrogen and oxygen atoms in total. The first-order valence-corrected chi connectivity index (χ1v) is 7.99. The smallest absolute Gasteiger partial charge is 0.254 e. The predicted octanol–water partition coefficient (Wildman–Crippen LogP) is 3.23. The van der Waals surface area contributed by atoms with Gasteiger partial charge in [-0.25, -0.2) is 0 Å². The Bertz CT molecular complexity index is 716. The van der Waals surface area contributed by atoms with Crippen molar-refractivity contribution in [3.63, 3.8) is 0 Å². The summed E-state index contributed by atoms with van der Waals surface area (Å²) in [6.45, 7) is 2.54. The molecule has 112 valence electrons. The first kappa shape index (κ1) is 13.6. The molecule has 1 fully saturated rings. The zero-order valence-electron chi connectivity index (χ0n) is 12.2. The summed E-state index contributed by atoms with van der Waals surface area (Å²) in [6, 6.07) is 16.2. The Morgan fingerprint density at radius 2 is 1.86 bits per heavy atom. The lowest BCUT2D eigenvalue weighted by Gasteiger charge is -2.45. The molecule has 1 saturated heterocycles. The van der Waals surface area contributed by atoms with Crippen molar-refractivity contribution >= 4 is 23.2 Å². The molecule has 0 radical (unpaired) electrons. The Morgan fingerprint density at radius 3 is 2.68 bits per heavy atom. The van der Waals surface area contributed by atoms with E-state index < -0.39 is 0 Å². The Kier molecular flexibility index (Phi) is 3.30. The number of rotatable bonds is 1. The molecule has 1 amide bonds. The summed E-state index contributed by atoms with van der Waals surface area (Å²) in [5.74, 6) is 0.149. The van der Waals surface area contributed by atoms with Crippen molar-refractivity contribution in [3.8, 4) is 0 Å². The number of hydrogen-bond donors (Lipinski definition) is 0. The van der Waals surface area contributed by atoms with Crippen LogP contribution in [0, 0.1) is 0 Å². The van der Waals surface area contributed by atoms with E-state index in [0.29, 0.717) is 5.02 Å². The maximum absolute atomic E-state index is 12.7. The summed E-state index contributed by atoms with van der Waals surface area (Å²) in [4.78, 5) is 17.1. The Morgan fingerprint density at radius 1 is 1.05 bits per heavy atom. The molecule has 1 atom stereocenters. The molecule has 4 heteroatoms. The van der Waals surface area contributed by atoms with Gasteiger partial charge in [-0.15, -0.1) is 0 Å². The first-order valence-electron chi connectivity index (χ1n) is 7.62. The molecule has 0 N–H and O–H groups in total. The summed E-state index contributed by atoms with van der Waals surface area (Å²) in [5.41, 5.74) is 3.12.